The predicted molar refractivity (Wildman–Crippen MR) is 202 cm³/mol. The predicted octanol–water partition coefficient (Wildman–Crippen LogP) is 8.71. The molecule has 0 atom stereocenters. The Morgan fingerprint density at radius 1 is 1.00 bits per heavy atom. The summed E-state index contributed by atoms with van der Waals surface area (Å²) in [4.78, 5) is 29.2. The number of amides is 1. The van der Waals surface area contributed by atoms with Crippen LogP contribution in [0, 0.1) is 27.7 Å². The molecule has 10 nitrogen and oxygen atoms in total. The second-order valence-corrected chi connectivity index (χ2v) is 14.1. The van der Waals surface area contributed by atoms with Gasteiger partial charge in [-0.2, -0.15) is 10.2 Å². The number of halogens is 2. The molecular weight excluding hydrogens is 687 g/mol. The number of aromatic nitrogens is 5. The number of aromatic carboxylic acids is 1. The van der Waals surface area contributed by atoms with E-state index < -0.39 is 5.97 Å². The highest BCUT2D eigenvalue weighted by molar-refractivity contribution is 6.35. The Balaban J connectivity index is 1.37. The normalized spacial score (nSPS) is 13.3. The number of fused-ring (bicyclic) bond motifs is 4. The van der Waals surface area contributed by atoms with E-state index >= 15 is 4.79 Å². The monoisotopic (exact) mass is 726 g/mol. The third-order valence-electron chi connectivity index (χ3n) is 10.1. The summed E-state index contributed by atoms with van der Waals surface area (Å²) in [6.07, 6.45) is 3.44. The number of carboxylic acid groups (broad SMARTS) is 1. The first-order valence-electron chi connectivity index (χ1n) is 17.2. The standard InChI is InChI=1S/C39H40Cl2N6O4/c1-7-47-32-19-25(18-29(39(49)50)30(32)20-42-47)45-13-9-14-46-36-28(11-12-31(40)34(36)33-23(4)43-44(6)24(33)5)27(37(46)38(45)48)10-8-15-51-26-16-21(2)35(41)22(3)17-26/h11-12,16-20H,7-10,13-15H2,1-6H3,(H,49,50). The highest BCUT2D eigenvalue weighted by Gasteiger charge is 2.33. The van der Waals surface area contributed by atoms with E-state index in [2.05, 4.69) is 9.67 Å². The summed E-state index contributed by atoms with van der Waals surface area (Å²) in [5.41, 5.74) is 9.25. The van der Waals surface area contributed by atoms with E-state index in [1.165, 1.54) is 0 Å². The summed E-state index contributed by atoms with van der Waals surface area (Å²) in [7, 11) is 1.92. The van der Waals surface area contributed by atoms with E-state index in [0.29, 0.717) is 72.8 Å². The van der Waals surface area contributed by atoms with Gasteiger partial charge >= 0.3 is 5.97 Å². The number of nitrogens with zero attached hydrogens (tertiary/aromatic N) is 6. The number of aryl methyl sites for hydroxylation is 7. The van der Waals surface area contributed by atoms with Crippen LogP contribution in [0.25, 0.3) is 32.9 Å². The number of rotatable bonds is 9. The third kappa shape index (κ3) is 5.84. The van der Waals surface area contributed by atoms with E-state index in [0.717, 1.165) is 60.9 Å². The van der Waals surface area contributed by atoms with Crippen LogP contribution >= 0.6 is 23.2 Å². The molecule has 0 saturated heterocycles. The molecule has 12 heteroatoms. The van der Waals surface area contributed by atoms with Crippen LogP contribution in [0.4, 0.5) is 5.69 Å². The lowest BCUT2D eigenvalue weighted by Gasteiger charge is -2.22. The Morgan fingerprint density at radius 3 is 2.41 bits per heavy atom. The maximum Gasteiger partial charge on any atom is 0.336 e. The van der Waals surface area contributed by atoms with Crippen molar-refractivity contribution >= 4 is 62.6 Å². The molecule has 264 valence electrons. The number of carbonyl (C=O) groups excluding carboxylic acids is 1. The fourth-order valence-electron chi connectivity index (χ4n) is 7.63. The Bertz CT molecular complexity index is 2360. The summed E-state index contributed by atoms with van der Waals surface area (Å²) >= 11 is 13.5. The summed E-state index contributed by atoms with van der Waals surface area (Å²) in [6, 6.07) is 11.3. The molecule has 1 N–H and O–H groups in total. The van der Waals surface area contributed by atoms with Gasteiger partial charge in [-0.25, -0.2) is 4.79 Å². The van der Waals surface area contributed by atoms with Crippen LogP contribution in [0.1, 0.15) is 68.7 Å². The van der Waals surface area contributed by atoms with E-state index in [4.69, 9.17) is 33.0 Å². The molecule has 0 fully saturated rings. The van der Waals surface area contributed by atoms with Crippen molar-refractivity contribution in [2.45, 2.75) is 67.0 Å². The van der Waals surface area contributed by atoms with Crippen molar-refractivity contribution in [3.05, 3.63) is 92.0 Å². The molecule has 1 aliphatic heterocycles. The molecular formula is C39H40Cl2N6O4. The van der Waals surface area contributed by atoms with Gasteiger partial charge in [-0.05, 0) is 101 Å². The Hall–Kier alpha value is -4.80. The highest BCUT2D eigenvalue weighted by atomic mass is 35.5. The number of hydrogen-bond acceptors (Lipinski definition) is 5. The van der Waals surface area contributed by atoms with Crippen LogP contribution in [0.3, 0.4) is 0 Å². The topological polar surface area (TPSA) is 107 Å². The first-order valence-corrected chi connectivity index (χ1v) is 17.9. The molecule has 3 aromatic heterocycles. The first-order chi connectivity index (χ1) is 24.4. The molecule has 0 radical (unpaired) electrons. The van der Waals surface area contributed by atoms with Gasteiger partial charge in [0, 0.05) is 65.0 Å². The Kier molecular flexibility index (Phi) is 9.10. The zero-order chi connectivity index (χ0) is 36.3. The average molecular weight is 728 g/mol. The van der Waals surface area contributed by atoms with Crippen LogP contribution < -0.4 is 9.64 Å². The molecule has 0 unspecified atom stereocenters. The highest BCUT2D eigenvalue weighted by Crippen LogP contribution is 2.43. The SMILES string of the molecule is CCn1ncc2c(C(=O)O)cc(N3CCCn4c(c(CCCOc5cc(C)c(Cl)c(C)c5)c5ccc(Cl)c(-c6c(C)nn(C)c6C)c54)C3=O)cc21. The number of carboxylic acids is 1. The van der Waals surface area contributed by atoms with Crippen LogP contribution in [0.2, 0.25) is 10.0 Å². The van der Waals surface area contributed by atoms with Gasteiger partial charge in [-0.1, -0.05) is 29.3 Å². The van der Waals surface area contributed by atoms with Crippen LogP contribution in [-0.2, 0) is 26.6 Å². The molecule has 0 bridgehead atoms. The molecule has 0 saturated carbocycles. The molecule has 4 heterocycles. The minimum Gasteiger partial charge on any atom is -0.494 e. The smallest absolute Gasteiger partial charge is 0.336 e. The molecule has 1 amide bonds. The van der Waals surface area contributed by atoms with Gasteiger partial charge in [0.1, 0.15) is 11.4 Å². The van der Waals surface area contributed by atoms with E-state index in [9.17, 15) is 9.90 Å². The van der Waals surface area contributed by atoms with Crippen molar-refractivity contribution in [3.63, 3.8) is 0 Å². The average Bonchev–Trinajstić information content (AvgIpc) is 3.69. The Labute approximate surface area is 306 Å². The largest absolute Gasteiger partial charge is 0.494 e. The zero-order valence-corrected chi connectivity index (χ0v) is 31.1. The van der Waals surface area contributed by atoms with Crippen molar-refractivity contribution in [2.75, 3.05) is 18.1 Å². The molecule has 7 rings (SSSR count). The molecule has 1 aliphatic rings. The lowest BCUT2D eigenvalue weighted by Crippen LogP contribution is -2.32. The van der Waals surface area contributed by atoms with Crippen molar-refractivity contribution in [2.24, 2.45) is 7.05 Å². The molecule has 3 aromatic carbocycles. The van der Waals surface area contributed by atoms with Crippen LogP contribution in [0.15, 0.2) is 42.6 Å². The number of benzene rings is 3. The zero-order valence-electron chi connectivity index (χ0n) is 29.6. The lowest BCUT2D eigenvalue weighted by atomic mass is 9.98. The van der Waals surface area contributed by atoms with Crippen molar-refractivity contribution in [3.8, 4) is 16.9 Å². The number of anilines is 1. The summed E-state index contributed by atoms with van der Waals surface area (Å²) in [5.74, 6) is -0.504. The van der Waals surface area contributed by atoms with Crippen molar-refractivity contribution in [1.82, 2.24) is 24.1 Å². The minimum absolute atomic E-state index is 0.112. The summed E-state index contributed by atoms with van der Waals surface area (Å²) in [5, 5.41) is 22.1. The summed E-state index contributed by atoms with van der Waals surface area (Å²) in [6.45, 7) is 11.9. The minimum atomic E-state index is -1.07. The fourth-order valence-corrected chi connectivity index (χ4v) is 7.98. The van der Waals surface area contributed by atoms with E-state index in [-0.39, 0.29) is 11.5 Å². The van der Waals surface area contributed by atoms with Crippen molar-refractivity contribution in [1.29, 1.82) is 0 Å². The van der Waals surface area contributed by atoms with Gasteiger partial charge in [-0.3, -0.25) is 14.2 Å². The Morgan fingerprint density at radius 2 is 1.75 bits per heavy atom. The quantitative estimate of drug-likeness (QED) is 0.149. The van der Waals surface area contributed by atoms with Gasteiger partial charge in [0.15, 0.2) is 0 Å². The molecule has 0 aliphatic carbocycles. The van der Waals surface area contributed by atoms with Gasteiger partial charge in [0.25, 0.3) is 5.91 Å². The van der Waals surface area contributed by atoms with Crippen molar-refractivity contribution < 1.29 is 19.4 Å². The van der Waals surface area contributed by atoms with Gasteiger partial charge in [-0.15, -0.1) is 0 Å². The molecule has 51 heavy (non-hydrogen) atoms. The first kappa shape index (κ1) is 34.6. The maximum absolute atomic E-state index is 15.0. The van der Waals surface area contributed by atoms with Gasteiger partial charge < -0.3 is 19.3 Å². The van der Waals surface area contributed by atoms with Gasteiger partial charge in [0.05, 0.1) is 40.1 Å². The molecule has 6 aromatic rings. The summed E-state index contributed by atoms with van der Waals surface area (Å²) < 4.78 is 11.9. The second kappa shape index (κ2) is 13.4. The van der Waals surface area contributed by atoms with E-state index in [1.54, 1.807) is 21.8 Å². The van der Waals surface area contributed by atoms with E-state index in [1.807, 2.05) is 76.7 Å². The molecule has 0 spiro atoms. The second-order valence-electron chi connectivity index (χ2n) is 13.3. The fraction of sp³-hybridized carbons (Fsp3) is 0.333. The number of hydrogen-bond donors (Lipinski definition) is 1. The number of ether oxygens (including phenoxy) is 1. The lowest BCUT2D eigenvalue weighted by molar-refractivity contribution is 0.0698. The van der Waals surface area contributed by atoms with Crippen LogP contribution in [0.5, 0.6) is 5.75 Å². The van der Waals surface area contributed by atoms with Gasteiger partial charge in [0.2, 0.25) is 0 Å². The number of carbonyl (C=O) groups is 2. The third-order valence-corrected chi connectivity index (χ3v) is 11.0. The van der Waals surface area contributed by atoms with Crippen LogP contribution in [-0.4, -0.2) is 54.3 Å². The maximum atomic E-state index is 15.0.